The molecular weight excluding hydrogens is 271 g/mol. The van der Waals surface area contributed by atoms with Gasteiger partial charge >= 0.3 is 6.18 Å². The highest BCUT2D eigenvalue weighted by molar-refractivity contribution is 4.82. The molecule has 118 valence electrons. The van der Waals surface area contributed by atoms with Crippen molar-refractivity contribution in [3.8, 4) is 0 Å². The number of alkyl halides is 3. The first-order chi connectivity index (χ1) is 9.53. The number of hydrogen-bond donors (Lipinski definition) is 1. The van der Waals surface area contributed by atoms with Crippen molar-refractivity contribution in [3.63, 3.8) is 0 Å². The third kappa shape index (κ3) is 5.97. The molecule has 0 amide bonds. The molecule has 0 spiro atoms. The maximum absolute atomic E-state index is 12.2. The summed E-state index contributed by atoms with van der Waals surface area (Å²) in [5.74, 6) is 0. The van der Waals surface area contributed by atoms with E-state index >= 15 is 0 Å². The van der Waals surface area contributed by atoms with E-state index in [-0.39, 0.29) is 12.1 Å². The van der Waals surface area contributed by atoms with Crippen molar-refractivity contribution in [2.75, 3.05) is 19.8 Å². The predicted octanol–water partition coefficient (Wildman–Crippen LogP) is 3.04. The van der Waals surface area contributed by atoms with Gasteiger partial charge in [0.2, 0.25) is 0 Å². The SMILES string of the molecule is FC(F)(F)COC1CCCC(NC2CCCOCC2)C1. The van der Waals surface area contributed by atoms with E-state index < -0.39 is 12.8 Å². The minimum absolute atomic E-state index is 0.259. The molecule has 3 nitrogen and oxygen atoms in total. The second-order valence-corrected chi connectivity index (χ2v) is 5.82. The maximum atomic E-state index is 12.2. The average Bonchev–Trinajstić information content (AvgIpc) is 2.65. The van der Waals surface area contributed by atoms with Gasteiger partial charge in [0, 0.05) is 25.3 Å². The van der Waals surface area contributed by atoms with E-state index in [1.165, 1.54) is 0 Å². The smallest absolute Gasteiger partial charge is 0.381 e. The van der Waals surface area contributed by atoms with Crippen LogP contribution in [-0.2, 0) is 9.47 Å². The number of ether oxygens (including phenoxy) is 2. The second kappa shape index (κ2) is 7.61. The summed E-state index contributed by atoms with van der Waals surface area (Å²) in [5.41, 5.74) is 0. The Kier molecular flexibility index (Phi) is 6.11. The number of rotatable bonds is 4. The Morgan fingerprint density at radius 1 is 1.00 bits per heavy atom. The van der Waals surface area contributed by atoms with E-state index in [4.69, 9.17) is 9.47 Å². The summed E-state index contributed by atoms with van der Waals surface area (Å²) in [4.78, 5) is 0. The van der Waals surface area contributed by atoms with Gasteiger partial charge in [-0.3, -0.25) is 0 Å². The normalized spacial score (nSPS) is 32.9. The highest BCUT2D eigenvalue weighted by atomic mass is 19.4. The minimum atomic E-state index is -4.22. The van der Waals surface area contributed by atoms with Gasteiger partial charge in [-0.1, -0.05) is 0 Å². The molecule has 1 aliphatic heterocycles. The third-order valence-electron chi connectivity index (χ3n) is 4.03. The molecule has 2 rings (SSSR count). The average molecular weight is 295 g/mol. The fraction of sp³-hybridized carbons (Fsp3) is 1.00. The van der Waals surface area contributed by atoms with Crippen molar-refractivity contribution in [3.05, 3.63) is 0 Å². The van der Waals surface area contributed by atoms with Crippen molar-refractivity contribution in [2.45, 2.75) is 69.3 Å². The zero-order valence-electron chi connectivity index (χ0n) is 11.8. The Labute approximate surface area is 118 Å². The van der Waals surface area contributed by atoms with Crippen LogP contribution in [0, 0.1) is 0 Å². The van der Waals surface area contributed by atoms with Gasteiger partial charge < -0.3 is 14.8 Å². The summed E-state index contributed by atoms with van der Waals surface area (Å²) in [6.45, 7) is 0.472. The monoisotopic (exact) mass is 295 g/mol. The first-order valence-electron chi connectivity index (χ1n) is 7.55. The summed E-state index contributed by atoms with van der Waals surface area (Å²) in [5, 5.41) is 3.58. The maximum Gasteiger partial charge on any atom is 0.411 e. The van der Waals surface area contributed by atoms with Gasteiger partial charge in [-0.25, -0.2) is 0 Å². The molecule has 2 aliphatic rings. The van der Waals surface area contributed by atoms with Crippen LogP contribution in [0.1, 0.15) is 44.9 Å². The lowest BCUT2D eigenvalue weighted by molar-refractivity contribution is -0.188. The largest absolute Gasteiger partial charge is 0.411 e. The van der Waals surface area contributed by atoms with E-state index in [0.717, 1.165) is 51.7 Å². The molecule has 1 saturated heterocycles. The van der Waals surface area contributed by atoms with Crippen LogP contribution in [0.15, 0.2) is 0 Å². The molecule has 0 aromatic carbocycles. The Morgan fingerprint density at radius 2 is 1.80 bits per heavy atom. The molecular formula is C14H24F3NO2. The highest BCUT2D eigenvalue weighted by Gasteiger charge is 2.31. The van der Waals surface area contributed by atoms with Crippen molar-refractivity contribution < 1.29 is 22.6 Å². The minimum Gasteiger partial charge on any atom is -0.381 e. The molecule has 20 heavy (non-hydrogen) atoms. The zero-order chi connectivity index (χ0) is 14.4. The standard InChI is InChI=1S/C14H24F3NO2/c15-14(16,17)10-20-13-5-1-3-12(9-13)18-11-4-2-7-19-8-6-11/h11-13,18H,1-10H2. The fourth-order valence-electron chi connectivity index (χ4n) is 3.06. The van der Waals surface area contributed by atoms with Crippen LogP contribution in [-0.4, -0.2) is 44.2 Å². The lowest BCUT2D eigenvalue weighted by atomic mass is 9.91. The molecule has 1 saturated carbocycles. The number of hydrogen-bond acceptors (Lipinski definition) is 3. The van der Waals surface area contributed by atoms with E-state index in [1.807, 2.05) is 0 Å². The lowest BCUT2D eigenvalue weighted by Gasteiger charge is -2.32. The Hall–Kier alpha value is -0.330. The molecule has 3 unspecified atom stereocenters. The van der Waals surface area contributed by atoms with Crippen LogP contribution < -0.4 is 5.32 Å². The van der Waals surface area contributed by atoms with Gasteiger partial charge in [0.15, 0.2) is 0 Å². The molecule has 2 fully saturated rings. The molecule has 1 N–H and O–H groups in total. The molecule has 0 radical (unpaired) electrons. The topological polar surface area (TPSA) is 30.5 Å². The van der Waals surface area contributed by atoms with Gasteiger partial charge in [-0.2, -0.15) is 13.2 Å². The second-order valence-electron chi connectivity index (χ2n) is 5.82. The number of halogens is 3. The first kappa shape index (κ1) is 16.0. The van der Waals surface area contributed by atoms with Crippen molar-refractivity contribution in [2.24, 2.45) is 0 Å². The summed E-state index contributed by atoms with van der Waals surface area (Å²) < 4.78 is 46.9. The molecule has 6 heteroatoms. The lowest BCUT2D eigenvalue weighted by Crippen LogP contribution is -2.43. The molecule has 1 aliphatic carbocycles. The third-order valence-corrected chi connectivity index (χ3v) is 4.03. The summed E-state index contributed by atoms with van der Waals surface area (Å²) in [7, 11) is 0. The fourth-order valence-corrected chi connectivity index (χ4v) is 3.06. The van der Waals surface area contributed by atoms with Gasteiger partial charge in [-0.05, 0) is 44.9 Å². The van der Waals surface area contributed by atoms with E-state index in [9.17, 15) is 13.2 Å². The Morgan fingerprint density at radius 3 is 2.60 bits per heavy atom. The molecule has 1 heterocycles. The first-order valence-corrected chi connectivity index (χ1v) is 7.55. The summed E-state index contributed by atoms with van der Waals surface area (Å²) >= 11 is 0. The van der Waals surface area contributed by atoms with E-state index in [1.54, 1.807) is 0 Å². The van der Waals surface area contributed by atoms with Gasteiger partial charge in [0.1, 0.15) is 6.61 Å². The zero-order valence-corrected chi connectivity index (χ0v) is 11.8. The van der Waals surface area contributed by atoms with Crippen LogP contribution in [0.3, 0.4) is 0 Å². The van der Waals surface area contributed by atoms with Gasteiger partial charge in [-0.15, -0.1) is 0 Å². The van der Waals surface area contributed by atoms with Crippen LogP contribution in [0.2, 0.25) is 0 Å². The van der Waals surface area contributed by atoms with Crippen LogP contribution >= 0.6 is 0 Å². The molecule has 3 atom stereocenters. The Balaban J connectivity index is 1.72. The number of nitrogens with one attached hydrogen (secondary N) is 1. The summed E-state index contributed by atoms with van der Waals surface area (Å²) in [6, 6.07) is 0.717. The van der Waals surface area contributed by atoms with Crippen LogP contribution in [0.5, 0.6) is 0 Å². The van der Waals surface area contributed by atoms with E-state index in [2.05, 4.69) is 5.32 Å². The quantitative estimate of drug-likeness (QED) is 0.865. The molecule has 0 bridgehead atoms. The Bertz CT molecular complexity index is 278. The predicted molar refractivity (Wildman–Crippen MR) is 69.6 cm³/mol. The van der Waals surface area contributed by atoms with Gasteiger partial charge in [0.25, 0.3) is 0 Å². The van der Waals surface area contributed by atoms with Crippen molar-refractivity contribution in [1.82, 2.24) is 5.32 Å². The van der Waals surface area contributed by atoms with Crippen LogP contribution in [0.25, 0.3) is 0 Å². The molecule has 0 aromatic rings. The van der Waals surface area contributed by atoms with Crippen molar-refractivity contribution >= 4 is 0 Å². The molecule has 0 aromatic heterocycles. The van der Waals surface area contributed by atoms with E-state index in [0.29, 0.717) is 12.5 Å². The van der Waals surface area contributed by atoms with Crippen LogP contribution in [0.4, 0.5) is 13.2 Å². The highest BCUT2D eigenvalue weighted by Crippen LogP contribution is 2.25. The van der Waals surface area contributed by atoms with Crippen molar-refractivity contribution in [1.29, 1.82) is 0 Å². The summed E-state index contributed by atoms with van der Waals surface area (Å²) in [6.07, 6.45) is 2.04. The van der Waals surface area contributed by atoms with Gasteiger partial charge in [0.05, 0.1) is 6.10 Å².